The van der Waals surface area contributed by atoms with Crippen LogP contribution in [0, 0.1) is 6.92 Å². The monoisotopic (exact) mass is 625 g/mol. The number of fused-ring (bicyclic) bond motifs is 2. The zero-order valence-corrected chi connectivity index (χ0v) is 27.0. The minimum absolute atomic E-state index is 0.00139. The van der Waals surface area contributed by atoms with Crippen LogP contribution in [0.25, 0.3) is 0 Å². The lowest BCUT2D eigenvalue weighted by Gasteiger charge is -2.42. The number of amides is 2. The molecule has 0 spiro atoms. The summed E-state index contributed by atoms with van der Waals surface area (Å²) in [5.74, 6) is -0.0484. The molecule has 0 unspecified atom stereocenters. The van der Waals surface area contributed by atoms with Gasteiger partial charge in [0, 0.05) is 49.9 Å². The largest absolute Gasteiger partial charge is 0.448 e. The van der Waals surface area contributed by atoms with Crippen LogP contribution in [0.2, 0.25) is 0 Å². The summed E-state index contributed by atoms with van der Waals surface area (Å²) in [6, 6.07) is 12.5. The predicted molar refractivity (Wildman–Crippen MR) is 175 cm³/mol. The number of benzene rings is 2. The fourth-order valence-corrected chi connectivity index (χ4v) is 7.85. The van der Waals surface area contributed by atoms with Crippen LogP contribution >= 0.6 is 0 Å². The third kappa shape index (κ3) is 5.45. The van der Waals surface area contributed by atoms with E-state index in [1.54, 1.807) is 0 Å². The second kappa shape index (κ2) is 11.4. The van der Waals surface area contributed by atoms with E-state index < -0.39 is 5.79 Å². The molecule has 1 N–H and O–H groups in total. The van der Waals surface area contributed by atoms with Gasteiger partial charge in [0.25, 0.3) is 11.8 Å². The molecule has 8 rings (SSSR count). The van der Waals surface area contributed by atoms with E-state index in [2.05, 4.69) is 57.4 Å². The summed E-state index contributed by atoms with van der Waals surface area (Å²) in [5, 5.41) is 3.13. The number of anilines is 3. The number of aromatic nitrogens is 1. The molecule has 3 aromatic rings. The number of ether oxygens (including phenoxy) is 2. The maximum atomic E-state index is 14.2. The van der Waals surface area contributed by atoms with Crippen molar-refractivity contribution < 1.29 is 23.5 Å². The molecule has 5 aliphatic rings. The van der Waals surface area contributed by atoms with E-state index in [-0.39, 0.29) is 35.8 Å². The van der Waals surface area contributed by atoms with Gasteiger partial charge in [0.15, 0.2) is 17.4 Å². The van der Waals surface area contributed by atoms with Gasteiger partial charge in [-0.3, -0.25) is 9.59 Å². The van der Waals surface area contributed by atoms with Gasteiger partial charge in [0.1, 0.15) is 12.4 Å². The van der Waals surface area contributed by atoms with Crippen LogP contribution in [0.3, 0.4) is 0 Å². The lowest BCUT2D eigenvalue weighted by molar-refractivity contribution is -0.149. The summed E-state index contributed by atoms with van der Waals surface area (Å²) in [4.78, 5) is 39.0. The normalized spacial score (nSPS) is 25.8. The van der Waals surface area contributed by atoms with Gasteiger partial charge in [0.05, 0.1) is 23.5 Å². The molecule has 4 fully saturated rings. The molecule has 4 heterocycles. The van der Waals surface area contributed by atoms with Crippen LogP contribution in [0.5, 0.6) is 0 Å². The molecule has 2 aliphatic carbocycles. The van der Waals surface area contributed by atoms with Crippen molar-refractivity contribution in [2.45, 2.75) is 89.3 Å². The van der Waals surface area contributed by atoms with Crippen LogP contribution in [-0.4, -0.2) is 78.5 Å². The zero-order chi connectivity index (χ0) is 31.6. The number of piperazine rings is 1. The van der Waals surface area contributed by atoms with E-state index in [0.29, 0.717) is 29.6 Å². The third-order valence-corrected chi connectivity index (χ3v) is 10.3. The van der Waals surface area contributed by atoms with Crippen LogP contribution in [0.15, 0.2) is 47.1 Å². The molecule has 242 valence electrons. The second-order valence-corrected chi connectivity index (χ2v) is 14.0. The van der Waals surface area contributed by atoms with Gasteiger partial charge in [-0.2, -0.15) is 0 Å². The Balaban J connectivity index is 1.08. The average Bonchev–Trinajstić information content (AvgIpc) is 3.67. The lowest BCUT2D eigenvalue weighted by Crippen LogP contribution is -2.54. The van der Waals surface area contributed by atoms with Crippen molar-refractivity contribution in [2.24, 2.45) is 0 Å². The number of para-hydroxylation sites is 1. The number of hydrogen-bond donors (Lipinski definition) is 1. The first kappa shape index (κ1) is 29.5. The first-order chi connectivity index (χ1) is 22.2. The Labute approximate surface area is 270 Å². The Kier molecular flexibility index (Phi) is 7.32. The molecule has 1 aromatic heterocycles. The molecular formula is C36H43N5O5. The lowest BCUT2D eigenvalue weighted by atomic mass is 9.86. The Bertz CT molecular complexity index is 1660. The first-order valence-corrected chi connectivity index (χ1v) is 16.9. The summed E-state index contributed by atoms with van der Waals surface area (Å²) in [6.45, 7) is 10.0. The van der Waals surface area contributed by atoms with Gasteiger partial charge >= 0.3 is 0 Å². The molecular weight excluding hydrogens is 582 g/mol. The number of nitrogens with zero attached hydrogens (tertiary/aromatic N) is 4. The topological polar surface area (TPSA) is 100 Å². The van der Waals surface area contributed by atoms with Crippen LogP contribution < -0.4 is 15.1 Å². The van der Waals surface area contributed by atoms with Gasteiger partial charge in [-0.1, -0.05) is 18.2 Å². The van der Waals surface area contributed by atoms with Crippen molar-refractivity contribution in [3.8, 4) is 0 Å². The molecule has 3 atom stereocenters. The van der Waals surface area contributed by atoms with Crippen molar-refractivity contribution in [3.05, 3.63) is 70.9 Å². The molecule has 10 heteroatoms. The van der Waals surface area contributed by atoms with Gasteiger partial charge in [-0.05, 0) is 88.6 Å². The fraction of sp³-hybridized carbons (Fsp3) is 0.528. The standard InChI is InChI=1S/C36H43N5O5/c1-22-7-4-5-8-28(22)39-15-17-40(18-16-39)30-19-24-13-14-41(29-9-6-10-31-32(29)46-36(2,3)45-31)35(43)25(24)20-26(30)37-33(42)27-21-44-34(38-27)23-11-12-23/h4-5,7-8,19-21,23,29,31-32H,6,9-18H2,1-3H3,(H,37,42)/t29-,31-,32+/m0/s1. The van der Waals surface area contributed by atoms with E-state index in [9.17, 15) is 9.59 Å². The van der Waals surface area contributed by atoms with Gasteiger partial charge in [0.2, 0.25) is 0 Å². The number of aryl methyl sites for hydroxylation is 1. The summed E-state index contributed by atoms with van der Waals surface area (Å²) in [7, 11) is 0. The van der Waals surface area contributed by atoms with Gasteiger partial charge < -0.3 is 33.9 Å². The second-order valence-electron chi connectivity index (χ2n) is 14.0. The SMILES string of the molecule is Cc1ccccc1N1CCN(c2cc3c(cc2NC(=O)c2coc(C4CC4)n2)C(=O)N([C@H]2CCC[C@@H]4OC(C)(C)O[C@@H]42)CC3)CC1. The molecule has 46 heavy (non-hydrogen) atoms. The Morgan fingerprint density at radius 1 is 0.957 bits per heavy atom. The third-order valence-electron chi connectivity index (χ3n) is 10.3. The smallest absolute Gasteiger partial charge is 0.277 e. The van der Waals surface area contributed by atoms with Crippen LogP contribution in [-0.2, 0) is 15.9 Å². The molecule has 2 amide bonds. The Hall–Kier alpha value is -3.89. The van der Waals surface area contributed by atoms with Crippen molar-refractivity contribution in [1.29, 1.82) is 0 Å². The van der Waals surface area contributed by atoms with Crippen molar-refractivity contribution >= 4 is 28.9 Å². The molecule has 10 nitrogen and oxygen atoms in total. The highest BCUT2D eigenvalue weighted by Gasteiger charge is 2.50. The van der Waals surface area contributed by atoms with Gasteiger partial charge in [-0.25, -0.2) is 4.98 Å². The number of oxazole rings is 1. The van der Waals surface area contributed by atoms with Gasteiger partial charge in [-0.15, -0.1) is 0 Å². The minimum Gasteiger partial charge on any atom is -0.448 e. The van der Waals surface area contributed by atoms with E-state index >= 15 is 0 Å². The molecule has 0 radical (unpaired) electrons. The van der Waals surface area contributed by atoms with E-state index in [1.807, 2.05) is 24.8 Å². The molecule has 2 saturated carbocycles. The maximum Gasteiger partial charge on any atom is 0.277 e. The summed E-state index contributed by atoms with van der Waals surface area (Å²) in [5.41, 5.74) is 6.01. The Morgan fingerprint density at radius 3 is 2.48 bits per heavy atom. The summed E-state index contributed by atoms with van der Waals surface area (Å²) in [6.07, 6.45) is 6.98. The van der Waals surface area contributed by atoms with Crippen LogP contribution in [0.1, 0.15) is 89.7 Å². The number of nitrogens with one attached hydrogen (secondary N) is 1. The molecule has 3 aliphatic heterocycles. The number of hydrogen-bond acceptors (Lipinski definition) is 8. The van der Waals surface area contributed by atoms with E-state index in [0.717, 1.165) is 76.0 Å². The molecule has 0 bridgehead atoms. The Morgan fingerprint density at radius 2 is 1.72 bits per heavy atom. The van der Waals surface area contributed by atoms with E-state index in [4.69, 9.17) is 13.9 Å². The number of carbonyl (C=O) groups excluding carboxylic acids is 2. The molecule has 2 aromatic carbocycles. The van der Waals surface area contributed by atoms with Crippen LogP contribution in [0.4, 0.5) is 17.1 Å². The highest BCUT2D eigenvalue weighted by atomic mass is 16.8. The predicted octanol–water partition coefficient (Wildman–Crippen LogP) is 5.51. The van der Waals surface area contributed by atoms with Crippen molar-refractivity contribution in [2.75, 3.05) is 47.8 Å². The van der Waals surface area contributed by atoms with Crippen molar-refractivity contribution in [3.63, 3.8) is 0 Å². The highest BCUT2D eigenvalue weighted by molar-refractivity contribution is 6.06. The van der Waals surface area contributed by atoms with Crippen molar-refractivity contribution in [1.82, 2.24) is 9.88 Å². The van der Waals surface area contributed by atoms with E-state index in [1.165, 1.54) is 17.5 Å². The fourth-order valence-electron chi connectivity index (χ4n) is 7.85. The minimum atomic E-state index is -0.648. The molecule has 2 saturated heterocycles. The maximum absolute atomic E-state index is 14.2. The number of carbonyl (C=O) groups is 2. The summed E-state index contributed by atoms with van der Waals surface area (Å²) < 4.78 is 18.2. The highest BCUT2D eigenvalue weighted by Crippen LogP contribution is 2.42. The number of rotatable bonds is 6. The quantitative estimate of drug-likeness (QED) is 0.383. The first-order valence-electron chi connectivity index (χ1n) is 16.9. The average molecular weight is 626 g/mol. The summed E-state index contributed by atoms with van der Waals surface area (Å²) >= 11 is 0. The zero-order valence-electron chi connectivity index (χ0n) is 27.0.